The van der Waals surface area contributed by atoms with Crippen LogP contribution in [0.1, 0.15) is 30.3 Å². The summed E-state index contributed by atoms with van der Waals surface area (Å²) in [6.45, 7) is 0.307. The van der Waals surface area contributed by atoms with E-state index in [0.717, 1.165) is 18.4 Å². The van der Waals surface area contributed by atoms with E-state index in [1.807, 2.05) is 0 Å². The predicted octanol–water partition coefficient (Wildman–Crippen LogP) is 1.21. The predicted molar refractivity (Wildman–Crippen MR) is 68.2 cm³/mol. The van der Waals surface area contributed by atoms with Crippen LogP contribution in [0.15, 0.2) is 24.3 Å². The highest BCUT2D eigenvalue weighted by Crippen LogP contribution is 2.34. The highest BCUT2D eigenvalue weighted by atomic mass is 16.5. The average Bonchev–Trinajstić information content (AvgIpc) is 3.16. The number of hydrogen-bond acceptors (Lipinski definition) is 5. The van der Waals surface area contributed by atoms with Gasteiger partial charge in [0.25, 0.3) is 0 Å². The fourth-order valence-electron chi connectivity index (χ4n) is 1.94. The number of hydrogen-bond donors (Lipinski definition) is 1. The number of tetrazole rings is 1. The van der Waals surface area contributed by atoms with E-state index in [0.29, 0.717) is 24.2 Å². The van der Waals surface area contributed by atoms with Crippen LogP contribution in [0.3, 0.4) is 0 Å². The Labute approximate surface area is 115 Å². The highest BCUT2D eigenvalue weighted by Gasteiger charge is 2.27. The molecule has 7 heteroatoms. The molecular formula is C13H14N4O3. The molecule has 0 saturated heterocycles. The minimum atomic E-state index is -0.845. The van der Waals surface area contributed by atoms with Crippen molar-refractivity contribution in [1.82, 2.24) is 20.2 Å². The summed E-state index contributed by atoms with van der Waals surface area (Å²) in [5.74, 6) is 0.536. The van der Waals surface area contributed by atoms with Crippen molar-refractivity contribution in [3.05, 3.63) is 35.7 Å². The number of ether oxygens (including phenoxy) is 1. The first-order chi connectivity index (χ1) is 9.72. The maximum Gasteiger partial charge on any atom is 0.307 e. The van der Waals surface area contributed by atoms with Crippen LogP contribution >= 0.6 is 0 Å². The highest BCUT2D eigenvalue weighted by molar-refractivity contribution is 5.70. The molecule has 2 aromatic rings. The molecule has 20 heavy (non-hydrogen) atoms. The summed E-state index contributed by atoms with van der Waals surface area (Å²) in [7, 11) is 0. The summed E-state index contributed by atoms with van der Waals surface area (Å²) < 4.78 is 7.42. The molecule has 0 bridgehead atoms. The summed E-state index contributed by atoms with van der Waals surface area (Å²) in [4.78, 5) is 10.6. The van der Waals surface area contributed by atoms with Crippen LogP contribution < -0.4 is 4.74 Å². The number of carboxylic acids is 1. The molecule has 1 aliphatic rings. The quantitative estimate of drug-likeness (QED) is 0.851. The topological polar surface area (TPSA) is 90.1 Å². The van der Waals surface area contributed by atoms with Crippen molar-refractivity contribution in [3.63, 3.8) is 0 Å². The molecule has 0 aliphatic heterocycles. The zero-order chi connectivity index (χ0) is 13.9. The Morgan fingerprint density at radius 2 is 2.10 bits per heavy atom. The van der Waals surface area contributed by atoms with Gasteiger partial charge in [0.15, 0.2) is 5.82 Å². The average molecular weight is 274 g/mol. The lowest BCUT2D eigenvalue weighted by atomic mass is 10.1. The minimum Gasteiger partial charge on any atom is -0.486 e. The number of benzene rings is 1. The molecule has 1 aromatic heterocycles. The van der Waals surface area contributed by atoms with Crippen LogP contribution in [0.5, 0.6) is 5.75 Å². The number of carbonyl (C=O) groups is 1. The van der Waals surface area contributed by atoms with Crippen LogP contribution in [0, 0.1) is 0 Å². The smallest absolute Gasteiger partial charge is 0.307 e. The molecule has 0 atom stereocenters. The lowest BCUT2D eigenvalue weighted by Gasteiger charge is -2.06. The van der Waals surface area contributed by atoms with Gasteiger partial charge in [0.1, 0.15) is 12.4 Å². The normalized spacial score (nSPS) is 14.2. The summed E-state index contributed by atoms with van der Waals surface area (Å²) in [6, 6.07) is 7.41. The molecule has 3 rings (SSSR count). The first kappa shape index (κ1) is 12.6. The Morgan fingerprint density at radius 3 is 2.75 bits per heavy atom. The van der Waals surface area contributed by atoms with Gasteiger partial charge in [-0.25, -0.2) is 4.68 Å². The molecule has 1 aliphatic carbocycles. The molecule has 1 fully saturated rings. The van der Waals surface area contributed by atoms with Gasteiger partial charge in [-0.3, -0.25) is 4.79 Å². The van der Waals surface area contributed by atoms with E-state index in [2.05, 4.69) is 15.5 Å². The standard InChI is InChI=1S/C13H14N4O3/c18-13(19)7-9-1-5-11(6-2-9)20-8-12-14-15-16-17(12)10-3-4-10/h1-2,5-6,10H,3-4,7-8H2,(H,18,19). The largest absolute Gasteiger partial charge is 0.486 e. The summed E-state index contributed by atoms with van der Waals surface area (Å²) >= 11 is 0. The van der Waals surface area contributed by atoms with Gasteiger partial charge in [-0.15, -0.1) is 5.10 Å². The van der Waals surface area contributed by atoms with Gasteiger partial charge in [-0.05, 0) is 41.0 Å². The fourth-order valence-corrected chi connectivity index (χ4v) is 1.94. The van der Waals surface area contributed by atoms with Gasteiger partial charge in [0.05, 0.1) is 12.5 Å². The van der Waals surface area contributed by atoms with Gasteiger partial charge in [-0.1, -0.05) is 12.1 Å². The Kier molecular flexibility index (Phi) is 3.32. The molecule has 0 amide bonds. The van der Waals surface area contributed by atoms with Crippen LogP contribution in [-0.2, 0) is 17.8 Å². The molecule has 1 saturated carbocycles. The molecule has 104 valence electrons. The molecule has 1 heterocycles. The SMILES string of the molecule is O=C(O)Cc1ccc(OCc2nnnn2C2CC2)cc1. The van der Waals surface area contributed by atoms with Gasteiger partial charge in [0.2, 0.25) is 0 Å². The van der Waals surface area contributed by atoms with Crippen molar-refractivity contribution in [3.8, 4) is 5.75 Å². The van der Waals surface area contributed by atoms with Gasteiger partial charge in [-0.2, -0.15) is 0 Å². The first-order valence-corrected chi connectivity index (χ1v) is 6.42. The maximum atomic E-state index is 10.6. The van der Waals surface area contributed by atoms with Gasteiger partial charge < -0.3 is 9.84 Å². The van der Waals surface area contributed by atoms with E-state index in [1.54, 1.807) is 28.9 Å². The fraction of sp³-hybridized carbons (Fsp3) is 0.385. The molecule has 0 radical (unpaired) electrons. The second-order valence-corrected chi connectivity index (χ2v) is 4.77. The van der Waals surface area contributed by atoms with Crippen molar-refractivity contribution in [2.24, 2.45) is 0 Å². The molecule has 0 spiro atoms. The van der Waals surface area contributed by atoms with Crippen molar-refractivity contribution >= 4 is 5.97 Å². The van der Waals surface area contributed by atoms with E-state index in [4.69, 9.17) is 9.84 Å². The second kappa shape index (κ2) is 5.28. The van der Waals surface area contributed by atoms with Crippen LogP contribution in [0.2, 0.25) is 0 Å². The summed E-state index contributed by atoms with van der Waals surface area (Å²) in [5, 5.41) is 20.3. The Morgan fingerprint density at radius 1 is 1.35 bits per heavy atom. The van der Waals surface area contributed by atoms with E-state index < -0.39 is 5.97 Å². The Balaban J connectivity index is 1.60. The van der Waals surface area contributed by atoms with E-state index in [9.17, 15) is 4.79 Å². The second-order valence-electron chi connectivity index (χ2n) is 4.77. The molecule has 0 unspecified atom stereocenters. The number of aliphatic carboxylic acids is 1. The molecule has 1 aromatic carbocycles. The Bertz CT molecular complexity index is 604. The molecule has 7 nitrogen and oxygen atoms in total. The van der Waals surface area contributed by atoms with Gasteiger partial charge >= 0.3 is 5.97 Å². The van der Waals surface area contributed by atoms with E-state index in [-0.39, 0.29) is 6.42 Å². The van der Waals surface area contributed by atoms with Crippen LogP contribution in [0.4, 0.5) is 0 Å². The summed E-state index contributed by atoms with van der Waals surface area (Å²) in [6.07, 6.45) is 2.24. The monoisotopic (exact) mass is 274 g/mol. The van der Waals surface area contributed by atoms with E-state index >= 15 is 0 Å². The van der Waals surface area contributed by atoms with Crippen LogP contribution in [-0.4, -0.2) is 31.3 Å². The number of aromatic nitrogens is 4. The maximum absolute atomic E-state index is 10.6. The molecular weight excluding hydrogens is 260 g/mol. The number of nitrogens with zero attached hydrogens (tertiary/aromatic N) is 4. The Hall–Kier alpha value is -2.44. The van der Waals surface area contributed by atoms with Crippen molar-refractivity contribution in [2.45, 2.75) is 31.9 Å². The minimum absolute atomic E-state index is 0.0141. The lowest BCUT2D eigenvalue weighted by molar-refractivity contribution is -0.136. The third-order valence-electron chi connectivity index (χ3n) is 3.10. The zero-order valence-electron chi connectivity index (χ0n) is 10.8. The van der Waals surface area contributed by atoms with E-state index in [1.165, 1.54) is 0 Å². The number of rotatable bonds is 6. The van der Waals surface area contributed by atoms with Gasteiger partial charge in [0, 0.05) is 0 Å². The van der Waals surface area contributed by atoms with Crippen LogP contribution in [0.25, 0.3) is 0 Å². The third-order valence-corrected chi connectivity index (χ3v) is 3.10. The zero-order valence-corrected chi connectivity index (χ0v) is 10.8. The lowest BCUT2D eigenvalue weighted by Crippen LogP contribution is -2.07. The summed E-state index contributed by atoms with van der Waals surface area (Å²) in [5.41, 5.74) is 0.743. The van der Waals surface area contributed by atoms with Crippen molar-refractivity contribution in [2.75, 3.05) is 0 Å². The third kappa shape index (κ3) is 2.93. The van der Waals surface area contributed by atoms with Crippen molar-refractivity contribution < 1.29 is 14.6 Å². The van der Waals surface area contributed by atoms with Crippen molar-refractivity contribution in [1.29, 1.82) is 0 Å². The number of carboxylic acid groups (broad SMARTS) is 1. The molecule has 1 N–H and O–H groups in total. The first-order valence-electron chi connectivity index (χ1n) is 6.42.